The molecule has 1 N–H and O–H groups in total. The second-order valence-electron chi connectivity index (χ2n) is 4.51. The predicted octanol–water partition coefficient (Wildman–Crippen LogP) is 3.87. The van der Waals surface area contributed by atoms with Gasteiger partial charge in [-0.05, 0) is 42.0 Å². The van der Waals surface area contributed by atoms with Gasteiger partial charge in [0.05, 0.1) is 10.6 Å². The molecule has 0 aliphatic heterocycles. The van der Waals surface area contributed by atoms with Crippen LogP contribution in [0.2, 0.25) is 5.02 Å². The van der Waals surface area contributed by atoms with Gasteiger partial charge in [0, 0.05) is 17.8 Å². The molecule has 0 spiro atoms. The molecule has 3 nitrogen and oxygen atoms in total. The number of hydrogen-bond acceptors (Lipinski definition) is 3. The highest BCUT2D eigenvalue weighted by atomic mass is 35.5. The summed E-state index contributed by atoms with van der Waals surface area (Å²) in [5.41, 5.74) is 1.76. The van der Waals surface area contributed by atoms with Crippen molar-refractivity contribution < 1.29 is 8.42 Å². The van der Waals surface area contributed by atoms with E-state index in [4.69, 9.17) is 11.6 Å². The number of sulfone groups is 1. The average Bonchev–Trinajstić information content (AvgIpc) is 2.47. The summed E-state index contributed by atoms with van der Waals surface area (Å²) in [5, 5.41) is 3.58. The Morgan fingerprint density at radius 3 is 2.48 bits per heavy atom. The maximum Gasteiger partial charge on any atom is 0.181 e. The Bertz CT molecular complexity index is 737. The van der Waals surface area contributed by atoms with E-state index in [0.717, 1.165) is 11.3 Å². The van der Waals surface area contributed by atoms with Crippen LogP contribution in [-0.2, 0) is 9.84 Å². The van der Waals surface area contributed by atoms with E-state index in [1.165, 1.54) is 0 Å². The summed E-state index contributed by atoms with van der Waals surface area (Å²) in [5.74, 6) is -0.0432. The smallest absolute Gasteiger partial charge is 0.181 e. The van der Waals surface area contributed by atoms with Crippen molar-refractivity contribution in [1.29, 1.82) is 0 Å². The van der Waals surface area contributed by atoms with Crippen molar-refractivity contribution in [1.82, 2.24) is 0 Å². The van der Waals surface area contributed by atoms with Crippen LogP contribution in [0.15, 0.2) is 59.5 Å². The molecule has 0 aromatic heterocycles. The molecule has 0 fully saturated rings. The van der Waals surface area contributed by atoms with E-state index in [1.54, 1.807) is 55.6 Å². The predicted molar refractivity (Wildman–Crippen MR) is 88.5 cm³/mol. The zero-order valence-electron chi connectivity index (χ0n) is 11.6. The fraction of sp³-hybridized carbons (Fsp3) is 0.125. The highest BCUT2D eigenvalue weighted by molar-refractivity contribution is 7.91. The maximum absolute atomic E-state index is 12.2. The summed E-state index contributed by atoms with van der Waals surface area (Å²) in [7, 11) is -1.52. The average molecular weight is 322 g/mol. The lowest BCUT2D eigenvalue weighted by Crippen LogP contribution is -2.04. The molecular formula is C16H16ClNO2S. The van der Waals surface area contributed by atoms with Crippen LogP contribution in [0.1, 0.15) is 5.56 Å². The van der Waals surface area contributed by atoms with Crippen LogP contribution >= 0.6 is 11.6 Å². The van der Waals surface area contributed by atoms with Gasteiger partial charge in [0.2, 0.25) is 0 Å². The fourth-order valence-electron chi connectivity index (χ4n) is 1.85. The summed E-state index contributed by atoms with van der Waals surface area (Å²) >= 11 is 5.88. The lowest BCUT2D eigenvalue weighted by atomic mass is 10.2. The van der Waals surface area contributed by atoms with Crippen LogP contribution in [0.3, 0.4) is 0 Å². The molecule has 0 saturated heterocycles. The molecule has 0 bridgehead atoms. The SMILES string of the molecule is CNc1ccc(S(=O)(=O)CC=Cc2cccc(Cl)c2)cc1. The second kappa shape index (κ2) is 6.78. The van der Waals surface area contributed by atoms with Crippen molar-refractivity contribution >= 4 is 33.2 Å². The minimum Gasteiger partial charge on any atom is -0.388 e. The molecule has 110 valence electrons. The van der Waals surface area contributed by atoms with Crippen LogP contribution in [-0.4, -0.2) is 21.2 Å². The van der Waals surface area contributed by atoms with Gasteiger partial charge in [-0.3, -0.25) is 0 Å². The van der Waals surface area contributed by atoms with E-state index in [0.29, 0.717) is 9.92 Å². The lowest BCUT2D eigenvalue weighted by Gasteiger charge is -2.03. The van der Waals surface area contributed by atoms with Crippen molar-refractivity contribution in [3.63, 3.8) is 0 Å². The first-order valence-corrected chi connectivity index (χ1v) is 8.47. The Labute approximate surface area is 130 Å². The Kier molecular flexibility index (Phi) is 5.04. The van der Waals surface area contributed by atoms with Gasteiger partial charge in [0.15, 0.2) is 9.84 Å². The fourth-order valence-corrected chi connectivity index (χ4v) is 3.14. The quantitative estimate of drug-likeness (QED) is 0.909. The number of benzene rings is 2. The molecule has 0 atom stereocenters. The summed E-state index contributed by atoms with van der Waals surface area (Å²) in [6, 6.07) is 14.0. The van der Waals surface area contributed by atoms with Crippen LogP contribution < -0.4 is 5.32 Å². The highest BCUT2D eigenvalue weighted by Gasteiger charge is 2.11. The van der Waals surface area contributed by atoms with Crippen molar-refractivity contribution in [2.75, 3.05) is 18.1 Å². The van der Waals surface area contributed by atoms with Gasteiger partial charge in [-0.1, -0.05) is 35.9 Å². The van der Waals surface area contributed by atoms with Gasteiger partial charge >= 0.3 is 0 Å². The van der Waals surface area contributed by atoms with E-state index >= 15 is 0 Å². The Morgan fingerprint density at radius 2 is 1.86 bits per heavy atom. The molecule has 21 heavy (non-hydrogen) atoms. The van der Waals surface area contributed by atoms with Gasteiger partial charge in [0.1, 0.15) is 0 Å². The topological polar surface area (TPSA) is 46.2 Å². The molecule has 0 aliphatic carbocycles. The zero-order chi connectivity index (χ0) is 15.3. The molecule has 0 amide bonds. The standard InChI is InChI=1S/C16H16ClNO2S/c1-18-15-7-9-16(10-8-15)21(19,20)11-3-5-13-4-2-6-14(17)12-13/h2-10,12,18H,11H2,1H3. The van der Waals surface area contributed by atoms with Gasteiger partial charge in [-0.25, -0.2) is 8.42 Å². The summed E-state index contributed by atoms with van der Waals surface area (Å²) < 4.78 is 24.4. The minimum absolute atomic E-state index is 0.0432. The lowest BCUT2D eigenvalue weighted by molar-refractivity contribution is 0.599. The van der Waals surface area contributed by atoms with Crippen LogP contribution in [0.25, 0.3) is 6.08 Å². The second-order valence-corrected chi connectivity index (χ2v) is 6.98. The van der Waals surface area contributed by atoms with E-state index < -0.39 is 9.84 Å². The maximum atomic E-state index is 12.2. The van der Waals surface area contributed by atoms with Crippen LogP contribution in [0, 0.1) is 0 Å². The third-order valence-corrected chi connectivity index (χ3v) is 4.83. The molecule has 0 radical (unpaired) electrons. The molecule has 2 aromatic carbocycles. The van der Waals surface area contributed by atoms with Gasteiger partial charge in [0.25, 0.3) is 0 Å². The summed E-state index contributed by atoms with van der Waals surface area (Å²) in [6.45, 7) is 0. The monoisotopic (exact) mass is 321 g/mol. The van der Waals surface area contributed by atoms with E-state index in [2.05, 4.69) is 5.32 Å². The minimum atomic E-state index is -3.31. The highest BCUT2D eigenvalue weighted by Crippen LogP contribution is 2.16. The molecule has 2 aromatic rings. The Hall–Kier alpha value is -1.78. The molecular weight excluding hydrogens is 306 g/mol. The first-order valence-electron chi connectivity index (χ1n) is 6.44. The van der Waals surface area contributed by atoms with E-state index in [-0.39, 0.29) is 5.75 Å². The molecule has 0 unspecified atom stereocenters. The van der Waals surface area contributed by atoms with Crippen molar-refractivity contribution in [3.8, 4) is 0 Å². The van der Waals surface area contributed by atoms with Crippen molar-refractivity contribution in [3.05, 3.63) is 65.2 Å². The molecule has 0 saturated carbocycles. The third kappa shape index (κ3) is 4.34. The number of nitrogens with one attached hydrogen (secondary N) is 1. The largest absolute Gasteiger partial charge is 0.388 e. The first kappa shape index (κ1) is 15.6. The Balaban J connectivity index is 2.10. The summed E-state index contributed by atoms with van der Waals surface area (Å²) in [4.78, 5) is 0.317. The van der Waals surface area contributed by atoms with Crippen molar-refractivity contribution in [2.24, 2.45) is 0 Å². The van der Waals surface area contributed by atoms with Crippen LogP contribution in [0.5, 0.6) is 0 Å². The van der Waals surface area contributed by atoms with Crippen molar-refractivity contribution in [2.45, 2.75) is 4.90 Å². The number of rotatable bonds is 5. The molecule has 5 heteroatoms. The molecule has 0 heterocycles. The third-order valence-electron chi connectivity index (χ3n) is 2.98. The zero-order valence-corrected chi connectivity index (χ0v) is 13.2. The van der Waals surface area contributed by atoms with Crippen LogP contribution in [0.4, 0.5) is 5.69 Å². The number of hydrogen-bond donors (Lipinski definition) is 1. The summed E-state index contributed by atoms with van der Waals surface area (Å²) in [6.07, 6.45) is 3.39. The van der Waals surface area contributed by atoms with E-state index in [1.807, 2.05) is 12.1 Å². The molecule has 2 rings (SSSR count). The number of halogens is 1. The molecule has 0 aliphatic rings. The first-order chi connectivity index (χ1) is 10.0. The van der Waals surface area contributed by atoms with Gasteiger partial charge in [-0.2, -0.15) is 0 Å². The normalized spacial score (nSPS) is 11.7. The Morgan fingerprint density at radius 1 is 1.14 bits per heavy atom. The van der Waals surface area contributed by atoms with Gasteiger partial charge in [-0.15, -0.1) is 0 Å². The number of anilines is 1. The van der Waals surface area contributed by atoms with Gasteiger partial charge < -0.3 is 5.32 Å². The van der Waals surface area contributed by atoms with E-state index in [9.17, 15) is 8.42 Å².